The fraction of sp³-hybridized carbons (Fsp3) is 0.261. The number of benzene rings is 1. The zero-order chi connectivity index (χ0) is 23.7. The first-order chi connectivity index (χ1) is 15.2. The molecule has 0 radical (unpaired) electrons. The van der Waals surface area contributed by atoms with Gasteiger partial charge in [-0.25, -0.2) is 0 Å². The molecule has 1 aromatic carbocycles. The van der Waals surface area contributed by atoms with Gasteiger partial charge < -0.3 is 14.0 Å². The predicted molar refractivity (Wildman–Crippen MR) is 119 cm³/mol. The minimum Gasteiger partial charge on any atom is -0.497 e. The molecule has 0 atom stereocenters. The first-order valence-corrected chi connectivity index (χ1v) is 9.75. The predicted octanol–water partition coefficient (Wildman–Crippen LogP) is 4.84. The molecule has 6 nitrogen and oxygen atoms in total. The third-order valence-electron chi connectivity index (χ3n) is 5.64. The Morgan fingerprint density at radius 1 is 1.06 bits per heavy atom. The summed E-state index contributed by atoms with van der Waals surface area (Å²) in [6.45, 7) is 6.54. The Morgan fingerprint density at radius 3 is 2.25 bits per heavy atom. The van der Waals surface area contributed by atoms with E-state index in [1.54, 1.807) is 39.0 Å². The van der Waals surface area contributed by atoms with Crippen LogP contribution >= 0.6 is 0 Å². The van der Waals surface area contributed by atoms with E-state index in [1.165, 1.54) is 21.1 Å². The molecule has 0 bridgehead atoms. The van der Waals surface area contributed by atoms with Gasteiger partial charge in [-0.15, -0.1) is 0 Å². The van der Waals surface area contributed by atoms with E-state index in [9.17, 15) is 19.2 Å². The van der Waals surface area contributed by atoms with Gasteiger partial charge in [0, 0.05) is 28.6 Å². The Balaban J connectivity index is 2.56. The molecule has 3 rings (SSSR count). The van der Waals surface area contributed by atoms with E-state index in [4.69, 9.17) is 9.47 Å². The van der Waals surface area contributed by atoms with Crippen LogP contribution in [0, 0.1) is 36.5 Å². The largest absolute Gasteiger partial charge is 0.677 e. The molecule has 9 heteroatoms. The van der Waals surface area contributed by atoms with Crippen LogP contribution in [0.25, 0.3) is 5.57 Å². The minimum atomic E-state index is -2.89. The van der Waals surface area contributed by atoms with Crippen molar-refractivity contribution in [1.82, 2.24) is 4.48 Å². The standard InChI is InChI=1S/C23H21BF2N4O2/c1-12-18(10-27)14(3)29-22(12)21(17-8-7-16(31-5)9-20(17)32-6)23-13(2)19(11-28)15(4)30(23)24(25)26/h7-9H,1-6H3/b22-21-. The van der Waals surface area contributed by atoms with Gasteiger partial charge in [0.25, 0.3) is 0 Å². The average molecular weight is 434 g/mol. The highest BCUT2D eigenvalue weighted by molar-refractivity contribution is 6.41. The number of ether oxygens (including phenoxy) is 2. The van der Waals surface area contributed by atoms with E-state index in [0.717, 1.165) is 4.48 Å². The van der Waals surface area contributed by atoms with Crippen molar-refractivity contribution in [3.05, 3.63) is 63.1 Å². The van der Waals surface area contributed by atoms with Crippen molar-refractivity contribution in [2.24, 2.45) is 4.99 Å². The number of rotatable bonds is 5. The lowest BCUT2D eigenvalue weighted by Gasteiger charge is -2.19. The quantitative estimate of drug-likeness (QED) is 0.631. The first kappa shape index (κ1) is 22.8. The maximum atomic E-state index is 14.3. The van der Waals surface area contributed by atoms with Crippen molar-refractivity contribution >= 4 is 18.7 Å². The van der Waals surface area contributed by atoms with Crippen LogP contribution in [-0.4, -0.2) is 31.8 Å². The molecule has 1 aliphatic rings. The number of nitrogens with zero attached hydrogens (tertiary/aromatic N) is 4. The lowest BCUT2D eigenvalue weighted by Crippen LogP contribution is -2.18. The topological polar surface area (TPSA) is 83.3 Å². The second-order valence-corrected chi connectivity index (χ2v) is 7.29. The molecule has 2 heterocycles. The number of halogens is 2. The van der Waals surface area contributed by atoms with E-state index in [1.807, 2.05) is 6.07 Å². The third-order valence-corrected chi connectivity index (χ3v) is 5.64. The van der Waals surface area contributed by atoms with Gasteiger partial charge in [0.2, 0.25) is 0 Å². The van der Waals surface area contributed by atoms with E-state index in [0.29, 0.717) is 50.8 Å². The summed E-state index contributed by atoms with van der Waals surface area (Å²) in [5.41, 5.74) is 3.56. The van der Waals surface area contributed by atoms with Crippen LogP contribution in [0.2, 0.25) is 0 Å². The lowest BCUT2D eigenvalue weighted by molar-refractivity contribution is 0.393. The van der Waals surface area contributed by atoms with E-state index < -0.39 is 7.40 Å². The highest BCUT2D eigenvalue weighted by atomic mass is 19.2. The van der Waals surface area contributed by atoms with Crippen LogP contribution in [0.15, 0.2) is 40.0 Å². The molecule has 0 saturated heterocycles. The summed E-state index contributed by atoms with van der Waals surface area (Å²) in [6, 6.07) is 9.21. The fourth-order valence-corrected chi connectivity index (χ4v) is 4.05. The summed E-state index contributed by atoms with van der Waals surface area (Å²) in [5.74, 6) is 0.913. The molecule has 0 N–H and O–H groups in total. The lowest BCUT2D eigenvalue weighted by atomic mass is 9.92. The average Bonchev–Trinajstić information content (AvgIpc) is 3.19. The van der Waals surface area contributed by atoms with Crippen LogP contribution in [0.1, 0.15) is 41.9 Å². The Labute approximate surface area is 185 Å². The molecular weight excluding hydrogens is 413 g/mol. The van der Waals surface area contributed by atoms with Gasteiger partial charge in [0.1, 0.15) is 23.6 Å². The molecule has 0 unspecified atom stereocenters. The Bertz CT molecular complexity index is 1290. The number of aliphatic imine (C=N–C) groups is 1. The van der Waals surface area contributed by atoms with Crippen molar-refractivity contribution in [3.8, 4) is 23.6 Å². The SMILES string of the molecule is COc1ccc(/C(=C2/N=C(C)C(C#N)=C2C)c2c(C)c(C#N)c(C)n2B(F)F)c(OC)c1. The van der Waals surface area contributed by atoms with E-state index in [-0.39, 0.29) is 17.0 Å². The normalized spacial score (nSPS) is 14.6. The zero-order valence-electron chi connectivity index (χ0n) is 18.7. The Kier molecular flexibility index (Phi) is 6.22. The number of aromatic nitrogens is 1. The summed E-state index contributed by atoms with van der Waals surface area (Å²) in [5, 5.41) is 19.2. The van der Waals surface area contributed by atoms with Gasteiger partial charge in [-0.1, -0.05) is 0 Å². The molecule has 0 saturated carbocycles. The summed E-state index contributed by atoms with van der Waals surface area (Å²) in [6.07, 6.45) is 0. The summed E-state index contributed by atoms with van der Waals surface area (Å²) in [7, 11) is 0.0916. The van der Waals surface area contributed by atoms with Crippen molar-refractivity contribution in [1.29, 1.82) is 10.5 Å². The van der Waals surface area contributed by atoms with Crippen molar-refractivity contribution < 1.29 is 18.1 Å². The molecule has 162 valence electrons. The summed E-state index contributed by atoms with van der Waals surface area (Å²) >= 11 is 0. The number of hydrogen-bond acceptors (Lipinski definition) is 5. The maximum absolute atomic E-state index is 14.3. The van der Waals surface area contributed by atoms with Gasteiger partial charge in [-0.3, -0.25) is 13.6 Å². The van der Waals surface area contributed by atoms with E-state index in [2.05, 4.69) is 11.1 Å². The number of methoxy groups -OCH3 is 2. The summed E-state index contributed by atoms with van der Waals surface area (Å²) in [4.78, 5) is 4.57. The zero-order valence-corrected chi connectivity index (χ0v) is 18.7. The summed E-state index contributed by atoms with van der Waals surface area (Å²) < 4.78 is 40.2. The van der Waals surface area contributed by atoms with Crippen LogP contribution in [0.3, 0.4) is 0 Å². The highest BCUT2D eigenvalue weighted by Gasteiger charge is 2.34. The minimum absolute atomic E-state index is 0.154. The molecule has 32 heavy (non-hydrogen) atoms. The second kappa shape index (κ2) is 8.72. The van der Waals surface area contributed by atoms with Gasteiger partial charge in [-0.2, -0.15) is 10.5 Å². The van der Waals surface area contributed by atoms with Gasteiger partial charge >= 0.3 is 7.40 Å². The Morgan fingerprint density at radius 2 is 1.75 bits per heavy atom. The number of nitriles is 2. The monoisotopic (exact) mass is 434 g/mol. The molecule has 2 aromatic rings. The molecule has 0 spiro atoms. The van der Waals surface area contributed by atoms with Gasteiger partial charge in [0.15, 0.2) is 0 Å². The maximum Gasteiger partial charge on any atom is 0.677 e. The Hall–Kier alpha value is -3.85. The van der Waals surface area contributed by atoms with Gasteiger partial charge in [-0.05, 0) is 51.0 Å². The molecule has 0 fully saturated rings. The van der Waals surface area contributed by atoms with Crippen LogP contribution in [-0.2, 0) is 0 Å². The smallest absolute Gasteiger partial charge is 0.497 e. The van der Waals surface area contributed by atoms with E-state index >= 15 is 0 Å². The van der Waals surface area contributed by atoms with Crippen molar-refractivity contribution in [2.45, 2.75) is 27.7 Å². The van der Waals surface area contributed by atoms with Crippen molar-refractivity contribution in [3.63, 3.8) is 0 Å². The van der Waals surface area contributed by atoms with Crippen LogP contribution in [0.4, 0.5) is 8.63 Å². The first-order valence-electron chi connectivity index (χ1n) is 9.75. The molecule has 1 aromatic heterocycles. The second-order valence-electron chi connectivity index (χ2n) is 7.29. The van der Waals surface area contributed by atoms with Crippen molar-refractivity contribution in [2.75, 3.05) is 14.2 Å². The van der Waals surface area contributed by atoms with Gasteiger partial charge in [0.05, 0.1) is 36.8 Å². The molecular formula is C23H21BF2N4O2. The third kappa shape index (κ3) is 3.46. The van der Waals surface area contributed by atoms with Crippen LogP contribution < -0.4 is 9.47 Å². The number of allylic oxidation sites excluding steroid dienone is 2. The number of hydrogen-bond donors (Lipinski definition) is 0. The molecule has 0 aliphatic carbocycles. The molecule has 1 aliphatic heterocycles. The fourth-order valence-electron chi connectivity index (χ4n) is 4.05. The molecule has 0 amide bonds. The van der Waals surface area contributed by atoms with Crippen LogP contribution in [0.5, 0.6) is 11.5 Å². The highest BCUT2D eigenvalue weighted by Crippen LogP contribution is 2.43.